The molecular weight excluding hydrogens is 388 g/mol. The molecule has 2 amide bonds. The van der Waals surface area contributed by atoms with Crippen LogP contribution in [0, 0.1) is 11.3 Å². The molecule has 8 nitrogen and oxygen atoms in total. The molecule has 0 fully saturated rings. The van der Waals surface area contributed by atoms with Gasteiger partial charge in [-0.05, 0) is 49.3 Å². The smallest absolute Gasteiger partial charge is 0.335 e. The number of aliphatic hydroxyl groups excluding tert-OH is 1. The average molecular weight is 406 g/mol. The number of carbonyl (C=O) groups is 3. The first-order valence-corrected chi connectivity index (χ1v) is 9.11. The molecule has 0 spiro atoms. The predicted molar refractivity (Wildman–Crippen MR) is 106 cm³/mol. The van der Waals surface area contributed by atoms with E-state index in [-0.39, 0.29) is 41.9 Å². The standard InChI is InChI=1S/C22H18N2O6/c1-13-17(20(26)24(8-3-9-25)21(27)18(13)12-23)11-16-6-7-19(30-16)14-4-2-5-15(10-14)22(28)29/h2,4-7,10-11,25H,3,8-9H2,1H3,(H,28,29). The highest BCUT2D eigenvalue weighted by Gasteiger charge is 2.35. The zero-order valence-corrected chi connectivity index (χ0v) is 16.1. The summed E-state index contributed by atoms with van der Waals surface area (Å²) in [5, 5.41) is 27.5. The Morgan fingerprint density at radius 2 is 2.00 bits per heavy atom. The number of carbonyl (C=O) groups excluding carboxylic acids is 2. The topological polar surface area (TPSA) is 132 Å². The molecule has 0 saturated carbocycles. The van der Waals surface area contributed by atoms with E-state index < -0.39 is 17.8 Å². The summed E-state index contributed by atoms with van der Waals surface area (Å²) < 4.78 is 5.75. The summed E-state index contributed by atoms with van der Waals surface area (Å²) in [6.07, 6.45) is 1.64. The van der Waals surface area contributed by atoms with Crippen molar-refractivity contribution in [3.8, 4) is 17.4 Å². The number of nitriles is 1. The minimum Gasteiger partial charge on any atom is -0.478 e. The van der Waals surface area contributed by atoms with Crippen LogP contribution in [0.4, 0.5) is 0 Å². The number of carboxylic acids is 1. The number of hydrogen-bond donors (Lipinski definition) is 2. The molecule has 0 unspecified atom stereocenters. The van der Waals surface area contributed by atoms with E-state index in [1.54, 1.807) is 24.3 Å². The average Bonchev–Trinajstić information content (AvgIpc) is 3.20. The summed E-state index contributed by atoms with van der Waals surface area (Å²) in [6, 6.07) is 11.3. The van der Waals surface area contributed by atoms with E-state index in [2.05, 4.69) is 0 Å². The number of amides is 2. The van der Waals surface area contributed by atoms with Crippen molar-refractivity contribution in [1.82, 2.24) is 4.90 Å². The Morgan fingerprint density at radius 3 is 2.67 bits per heavy atom. The molecular formula is C22H18N2O6. The lowest BCUT2D eigenvalue weighted by atomic mass is 9.94. The number of hydrogen-bond acceptors (Lipinski definition) is 6. The number of aromatic carboxylic acids is 1. The van der Waals surface area contributed by atoms with Crippen LogP contribution in [-0.2, 0) is 9.59 Å². The van der Waals surface area contributed by atoms with Gasteiger partial charge in [0.1, 0.15) is 23.2 Å². The number of carboxylic acid groups (broad SMARTS) is 1. The second-order valence-electron chi connectivity index (χ2n) is 6.60. The highest BCUT2D eigenvalue weighted by atomic mass is 16.4. The van der Waals surface area contributed by atoms with Crippen LogP contribution < -0.4 is 0 Å². The number of aliphatic hydroxyl groups is 1. The molecule has 3 rings (SSSR count). The third-order valence-corrected chi connectivity index (χ3v) is 4.67. The minimum absolute atomic E-state index is 0.00461. The third-order valence-electron chi connectivity index (χ3n) is 4.67. The first-order chi connectivity index (χ1) is 14.4. The van der Waals surface area contributed by atoms with Crippen LogP contribution in [0.1, 0.15) is 29.5 Å². The van der Waals surface area contributed by atoms with Gasteiger partial charge in [0.05, 0.1) is 5.56 Å². The number of imide groups is 1. The maximum absolute atomic E-state index is 12.8. The molecule has 0 aliphatic carbocycles. The Bertz CT molecular complexity index is 1130. The fourth-order valence-electron chi connectivity index (χ4n) is 3.09. The summed E-state index contributed by atoms with van der Waals surface area (Å²) in [5.74, 6) is -1.60. The van der Waals surface area contributed by atoms with Crippen molar-refractivity contribution >= 4 is 23.9 Å². The molecule has 0 radical (unpaired) electrons. The van der Waals surface area contributed by atoms with Gasteiger partial charge >= 0.3 is 5.97 Å². The van der Waals surface area contributed by atoms with E-state index in [1.807, 2.05) is 6.07 Å². The van der Waals surface area contributed by atoms with Crippen LogP contribution in [0.15, 0.2) is 57.5 Å². The quantitative estimate of drug-likeness (QED) is 0.557. The highest BCUT2D eigenvalue weighted by molar-refractivity contribution is 6.19. The predicted octanol–water partition coefficient (Wildman–Crippen LogP) is 2.62. The lowest BCUT2D eigenvalue weighted by Crippen LogP contribution is -2.43. The molecule has 0 bridgehead atoms. The monoisotopic (exact) mass is 406 g/mol. The van der Waals surface area contributed by atoms with Gasteiger partial charge in [-0.15, -0.1) is 0 Å². The lowest BCUT2D eigenvalue weighted by molar-refractivity contribution is -0.140. The van der Waals surface area contributed by atoms with Crippen LogP contribution in [-0.4, -0.2) is 46.0 Å². The molecule has 1 aromatic carbocycles. The van der Waals surface area contributed by atoms with Gasteiger partial charge in [0.2, 0.25) is 0 Å². The fourth-order valence-corrected chi connectivity index (χ4v) is 3.09. The van der Waals surface area contributed by atoms with Crippen molar-refractivity contribution in [1.29, 1.82) is 5.26 Å². The van der Waals surface area contributed by atoms with Crippen molar-refractivity contribution in [3.63, 3.8) is 0 Å². The van der Waals surface area contributed by atoms with Gasteiger partial charge < -0.3 is 14.6 Å². The van der Waals surface area contributed by atoms with E-state index >= 15 is 0 Å². The van der Waals surface area contributed by atoms with Crippen LogP contribution in [0.25, 0.3) is 17.4 Å². The van der Waals surface area contributed by atoms with Gasteiger partial charge in [-0.2, -0.15) is 5.26 Å². The van der Waals surface area contributed by atoms with Crippen molar-refractivity contribution < 1.29 is 29.0 Å². The Hall–Kier alpha value is -3.96. The van der Waals surface area contributed by atoms with Gasteiger partial charge in [0, 0.05) is 24.3 Å². The molecule has 1 aliphatic heterocycles. The van der Waals surface area contributed by atoms with Crippen LogP contribution >= 0.6 is 0 Å². The Balaban J connectivity index is 2.00. The Morgan fingerprint density at radius 1 is 1.23 bits per heavy atom. The van der Waals surface area contributed by atoms with E-state index in [1.165, 1.54) is 25.1 Å². The largest absolute Gasteiger partial charge is 0.478 e. The molecule has 0 atom stereocenters. The van der Waals surface area contributed by atoms with Gasteiger partial charge in [0.15, 0.2) is 0 Å². The molecule has 0 saturated heterocycles. The molecule has 30 heavy (non-hydrogen) atoms. The van der Waals surface area contributed by atoms with E-state index in [0.717, 1.165) is 4.90 Å². The number of rotatable bonds is 6. The van der Waals surface area contributed by atoms with Crippen LogP contribution in [0.2, 0.25) is 0 Å². The van der Waals surface area contributed by atoms with Crippen LogP contribution in [0.5, 0.6) is 0 Å². The molecule has 2 heterocycles. The minimum atomic E-state index is -1.06. The summed E-state index contributed by atoms with van der Waals surface area (Å²) in [7, 11) is 0. The van der Waals surface area contributed by atoms with E-state index in [0.29, 0.717) is 17.1 Å². The second-order valence-corrected chi connectivity index (χ2v) is 6.60. The second kappa shape index (κ2) is 8.59. The lowest BCUT2D eigenvalue weighted by Gasteiger charge is -2.27. The summed E-state index contributed by atoms with van der Waals surface area (Å²) in [6.45, 7) is 1.32. The molecule has 2 N–H and O–H groups in total. The molecule has 1 aliphatic rings. The maximum atomic E-state index is 12.8. The first kappa shape index (κ1) is 20.8. The number of benzene rings is 1. The van der Waals surface area contributed by atoms with Crippen molar-refractivity contribution in [2.75, 3.05) is 13.2 Å². The molecule has 2 aromatic rings. The SMILES string of the molecule is CC1=C(C#N)C(=O)N(CCCO)C(=O)C1=Cc1ccc(-c2cccc(C(=O)O)c2)o1. The van der Waals surface area contributed by atoms with E-state index in [4.69, 9.17) is 14.6 Å². The third kappa shape index (κ3) is 3.92. The zero-order chi connectivity index (χ0) is 21.8. The zero-order valence-electron chi connectivity index (χ0n) is 16.1. The summed E-state index contributed by atoms with van der Waals surface area (Å²) in [4.78, 5) is 37.3. The van der Waals surface area contributed by atoms with Crippen LogP contribution in [0.3, 0.4) is 0 Å². The number of furan rings is 1. The maximum Gasteiger partial charge on any atom is 0.335 e. The fraction of sp³-hybridized carbons (Fsp3) is 0.182. The Kier molecular flexibility index (Phi) is 5.95. The Labute approximate surface area is 172 Å². The molecule has 8 heteroatoms. The van der Waals surface area contributed by atoms with Gasteiger partial charge in [-0.1, -0.05) is 12.1 Å². The summed E-state index contributed by atoms with van der Waals surface area (Å²) >= 11 is 0. The normalized spacial score (nSPS) is 15.6. The van der Waals surface area contributed by atoms with E-state index in [9.17, 15) is 19.6 Å². The van der Waals surface area contributed by atoms with Gasteiger partial charge in [-0.25, -0.2) is 4.79 Å². The van der Waals surface area contributed by atoms with Crippen molar-refractivity contribution in [3.05, 3.63) is 64.4 Å². The molecule has 1 aromatic heterocycles. The number of nitrogens with zero attached hydrogens (tertiary/aromatic N) is 2. The van der Waals surface area contributed by atoms with Crippen molar-refractivity contribution in [2.24, 2.45) is 0 Å². The van der Waals surface area contributed by atoms with Crippen molar-refractivity contribution in [2.45, 2.75) is 13.3 Å². The summed E-state index contributed by atoms with van der Waals surface area (Å²) in [5.41, 5.74) is 0.920. The van der Waals surface area contributed by atoms with Gasteiger partial charge in [-0.3, -0.25) is 14.5 Å². The molecule has 152 valence electrons. The first-order valence-electron chi connectivity index (χ1n) is 9.11. The van der Waals surface area contributed by atoms with Gasteiger partial charge in [0.25, 0.3) is 11.8 Å². The highest BCUT2D eigenvalue weighted by Crippen LogP contribution is 2.29.